The Morgan fingerprint density at radius 2 is 1.65 bits per heavy atom. The van der Waals surface area contributed by atoms with E-state index in [0.717, 1.165) is 28.4 Å². The van der Waals surface area contributed by atoms with Crippen molar-refractivity contribution in [2.24, 2.45) is 17.8 Å². The van der Waals surface area contributed by atoms with Crippen LogP contribution in [0.2, 0.25) is 0 Å². The zero-order valence-electron chi connectivity index (χ0n) is 10.4. The first kappa shape index (κ1) is 10.4. The number of nitrogens with zero attached hydrogens (tertiary/aromatic N) is 1. The van der Waals surface area contributed by atoms with Gasteiger partial charge in [-0.3, -0.25) is 0 Å². The highest BCUT2D eigenvalue weighted by Gasteiger charge is 2.53. The van der Waals surface area contributed by atoms with Crippen LogP contribution < -0.4 is 5.73 Å². The summed E-state index contributed by atoms with van der Waals surface area (Å²) in [5, 5.41) is 2.31. The Labute approximate surface area is 107 Å². The SMILES string of the molecule is Cc1nc(C23CC4CC(CC(C4)C2)C3)sc1N. The average Bonchev–Trinajstić information content (AvgIpc) is 2.58. The van der Waals surface area contributed by atoms with Crippen molar-refractivity contribution in [2.75, 3.05) is 5.73 Å². The van der Waals surface area contributed by atoms with Crippen LogP contribution in [0.3, 0.4) is 0 Å². The molecule has 4 bridgehead atoms. The second kappa shape index (κ2) is 3.25. The van der Waals surface area contributed by atoms with Crippen molar-refractivity contribution in [1.29, 1.82) is 0 Å². The van der Waals surface area contributed by atoms with E-state index in [1.165, 1.54) is 43.5 Å². The number of aryl methyl sites for hydroxylation is 1. The number of thiazole rings is 1. The van der Waals surface area contributed by atoms with Crippen molar-refractivity contribution in [1.82, 2.24) is 4.98 Å². The molecule has 0 spiro atoms. The zero-order chi connectivity index (χ0) is 11.6. The van der Waals surface area contributed by atoms with Gasteiger partial charge in [-0.2, -0.15) is 0 Å². The molecular formula is C14H20N2S. The summed E-state index contributed by atoms with van der Waals surface area (Å²) in [7, 11) is 0. The van der Waals surface area contributed by atoms with E-state index in [4.69, 9.17) is 10.7 Å². The maximum atomic E-state index is 6.02. The van der Waals surface area contributed by atoms with Gasteiger partial charge in [0.05, 0.1) is 5.69 Å². The first-order chi connectivity index (χ1) is 8.14. The molecular weight excluding hydrogens is 228 g/mol. The van der Waals surface area contributed by atoms with Crippen LogP contribution >= 0.6 is 11.3 Å². The summed E-state index contributed by atoms with van der Waals surface area (Å²) < 4.78 is 0. The Morgan fingerprint density at radius 3 is 2.06 bits per heavy atom. The second-order valence-corrected chi connectivity index (χ2v) is 7.70. The van der Waals surface area contributed by atoms with Gasteiger partial charge in [-0.1, -0.05) is 0 Å². The molecule has 1 heterocycles. The third-order valence-corrected chi connectivity index (χ3v) is 6.56. The van der Waals surface area contributed by atoms with E-state index in [1.54, 1.807) is 11.3 Å². The molecule has 0 unspecified atom stereocenters. The first-order valence-corrected chi connectivity index (χ1v) is 7.70. The van der Waals surface area contributed by atoms with E-state index in [0.29, 0.717) is 5.41 Å². The van der Waals surface area contributed by atoms with Crippen molar-refractivity contribution in [3.05, 3.63) is 10.7 Å². The topological polar surface area (TPSA) is 38.9 Å². The lowest BCUT2D eigenvalue weighted by molar-refractivity contribution is -0.00531. The van der Waals surface area contributed by atoms with Gasteiger partial charge in [-0.15, -0.1) is 11.3 Å². The number of anilines is 1. The molecule has 4 saturated carbocycles. The minimum absolute atomic E-state index is 0.432. The van der Waals surface area contributed by atoms with E-state index >= 15 is 0 Å². The van der Waals surface area contributed by atoms with Crippen LogP contribution in [0, 0.1) is 24.7 Å². The van der Waals surface area contributed by atoms with Gasteiger partial charge in [-0.05, 0) is 63.2 Å². The summed E-state index contributed by atoms with van der Waals surface area (Å²) in [6.07, 6.45) is 8.68. The smallest absolute Gasteiger partial charge is 0.109 e. The van der Waals surface area contributed by atoms with Crippen LogP contribution in [0.1, 0.15) is 49.2 Å². The summed E-state index contributed by atoms with van der Waals surface area (Å²) in [4.78, 5) is 4.79. The maximum absolute atomic E-state index is 6.02. The summed E-state index contributed by atoms with van der Waals surface area (Å²) in [6.45, 7) is 2.05. The molecule has 1 aromatic heterocycles. The molecule has 3 heteroatoms. The molecule has 2 nitrogen and oxygen atoms in total. The van der Waals surface area contributed by atoms with Crippen molar-refractivity contribution < 1.29 is 0 Å². The molecule has 5 rings (SSSR count). The lowest BCUT2D eigenvalue weighted by Gasteiger charge is -2.56. The fraction of sp³-hybridized carbons (Fsp3) is 0.786. The first-order valence-electron chi connectivity index (χ1n) is 6.88. The molecule has 0 saturated heterocycles. The minimum atomic E-state index is 0.432. The normalized spacial score (nSPS) is 43.2. The second-order valence-electron chi connectivity index (χ2n) is 6.67. The molecule has 0 amide bonds. The lowest BCUT2D eigenvalue weighted by atomic mass is 9.50. The molecule has 92 valence electrons. The van der Waals surface area contributed by atoms with Gasteiger partial charge in [0.15, 0.2) is 0 Å². The summed E-state index contributed by atoms with van der Waals surface area (Å²) >= 11 is 1.77. The maximum Gasteiger partial charge on any atom is 0.109 e. The Kier molecular flexibility index (Phi) is 1.98. The number of aromatic nitrogens is 1. The van der Waals surface area contributed by atoms with E-state index in [1.807, 2.05) is 0 Å². The Balaban J connectivity index is 1.77. The highest BCUT2D eigenvalue weighted by Crippen LogP contribution is 2.61. The molecule has 17 heavy (non-hydrogen) atoms. The van der Waals surface area contributed by atoms with Crippen LogP contribution in [-0.4, -0.2) is 4.98 Å². The molecule has 0 radical (unpaired) electrons. The largest absolute Gasteiger partial charge is 0.389 e. The fourth-order valence-corrected chi connectivity index (χ4v) is 6.06. The van der Waals surface area contributed by atoms with E-state index in [-0.39, 0.29) is 0 Å². The van der Waals surface area contributed by atoms with Gasteiger partial charge < -0.3 is 5.73 Å². The monoisotopic (exact) mass is 248 g/mol. The molecule has 0 aromatic carbocycles. The average molecular weight is 248 g/mol. The number of rotatable bonds is 1. The molecule has 4 fully saturated rings. The molecule has 4 aliphatic carbocycles. The van der Waals surface area contributed by atoms with Crippen LogP contribution in [0.4, 0.5) is 5.00 Å². The van der Waals surface area contributed by atoms with Crippen LogP contribution in [0.5, 0.6) is 0 Å². The van der Waals surface area contributed by atoms with E-state index in [2.05, 4.69) is 6.92 Å². The van der Waals surface area contributed by atoms with Gasteiger partial charge in [-0.25, -0.2) is 4.98 Å². The summed E-state index contributed by atoms with van der Waals surface area (Å²) in [5.41, 5.74) is 7.50. The summed E-state index contributed by atoms with van der Waals surface area (Å²) in [6, 6.07) is 0. The Morgan fingerprint density at radius 1 is 1.12 bits per heavy atom. The van der Waals surface area contributed by atoms with Gasteiger partial charge >= 0.3 is 0 Å². The summed E-state index contributed by atoms with van der Waals surface area (Å²) in [5.74, 6) is 2.98. The predicted molar refractivity (Wildman–Crippen MR) is 71.1 cm³/mol. The van der Waals surface area contributed by atoms with Crippen molar-refractivity contribution in [3.8, 4) is 0 Å². The quantitative estimate of drug-likeness (QED) is 0.826. The van der Waals surface area contributed by atoms with Crippen LogP contribution in [0.15, 0.2) is 0 Å². The number of nitrogens with two attached hydrogens (primary N) is 1. The molecule has 0 atom stereocenters. The highest BCUT2D eigenvalue weighted by molar-refractivity contribution is 7.15. The van der Waals surface area contributed by atoms with E-state index < -0.39 is 0 Å². The van der Waals surface area contributed by atoms with Gasteiger partial charge in [0.25, 0.3) is 0 Å². The number of hydrogen-bond donors (Lipinski definition) is 1. The van der Waals surface area contributed by atoms with Gasteiger partial charge in [0.1, 0.15) is 10.0 Å². The Bertz CT molecular complexity index is 408. The molecule has 1 aromatic rings. The highest BCUT2D eigenvalue weighted by atomic mass is 32.1. The zero-order valence-corrected chi connectivity index (χ0v) is 11.2. The fourth-order valence-electron chi connectivity index (χ4n) is 5.01. The van der Waals surface area contributed by atoms with Gasteiger partial charge in [0, 0.05) is 5.41 Å². The third kappa shape index (κ3) is 1.41. The third-order valence-electron chi connectivity index (χ3n) is 5.32. The predicted octanol–water partition coefficient (Wildman–Crippen LogP) is 3.50. The minimum Gasteiger partial charge on any atom is -0.389 e. The molecule has 0 aliphatic heterocycles. The lowest BCUT2D eigenvalue weighted by Crippen LogP contribution is -2.48. The number of hydrogen-bond acceptors (Lipinski definition) is 3. The van der Waals surface area contributed by atoms with Crippen LogP contribution in [-0.2, 0) is 5.41 Å². The van der Waals surface area contributed by atoms with Crippen LogP contribution in [0.25, 0.3) is 0 Å². The van der Waals surface area contributed by atoms with Crippen molar-refractivity contribution in [3.63, 3.8) is 0 Å². The van der Waals surface area contributed by atoms with Gasteiger partial charge in [0.2, 0.25) is 0 Å². The number of nitrogen functional groups attached to an aromatic ring is 1. The van der Waals surface area contributed by atoms with Crippen molar-refractivity contribution >= 4 is 16.3 Å². The van der Waals surface area contributed by atoms with Crippen molar-refractivity contribution in [2.45, 2.75) is 50.9 Å². The molecule has 2 N–H and O–H groups in total. The Hall–Kier alpha value is -0.570. The molecule has 4 aliphatic rings. The van der Waals surface area contributed by atoms with E-state index in [9.17, 15) is 0 Å². The standard InChI is InChI=1S/C14H20N2S/c1-8-12(15)17-13(16-8)14-5-9-2-10(6-14)4-11(3-9)7-14/h9-11H,2-7,15H2,1H3.